The molecule has 21 heavy (non-hydrogen) atoms. The van der Waals surface area contributed by atoms with Gasteiger partial charge in [0.1, 0.15) is 0 Å². The van der Waals surface area contributed by atoms with Crippen LogP contribution in [0.15, 0.2) is 31.8 Å². The van der Waals surface area contributed by atoms with Crippen LogP contribution in [0.5, 0.6) is 0 Å². The number of aliphatic imine (C=N–C) groups is 2. The first-order valence-corrected chi connectivity index (χ1v) is 8.75. The number of nitrogens with zero attached hydrogens (tertiary/aromatic N) is 2. The molecule has 1 aliphatic heterocycles. The monoisotopic (exact) mass is 401 g/mol. The molecule has 0 amide bonds. The summed E-state index contributed by atoms with van der Waals surface area (Å²) in [6.45, 7) is 1.69. The lowest BCUT2D eigenvalue weighted by atomic mass is 10.1. The molecular weight excluding hydrogens is 377 g/mol. The van der Waals surface area contributed by atoms with E-state index in [1.54, 1.807) is 0 Å². The van der Waals surface area contributed by atoms with Crippen LogP contribution in [0.3, 0.4) is 0 Å². The molecule has 1 atom stereocenters. The number of hydrogen-bond acceptors (Lipinski definition) is 5. The molecule has 1 aliphatic carbocycles. The largest absolute Gasteiger partial charge is 0.368 e. The maximum absolute atomic E-state index is 5.89. The van der Waals surface area contributed by atoms with Gasteiger partial charge in [0.2, 0.25) is 5.96 Å². The van der Waals surface area contributed by atoms with Gasteiger partial charge >= 0.3 is 0 Å². The maximum atomic E-state index is 5.89. The summed E-state index contributed by atoms with van der Waals surface area (Å²) < 4.78 is 1.24. The number of hydrogen-bond donors (Lipinski definition) is 3. The molecule has 5 nitrogen and oxygen atoms in total. The lowest BCUT2D eigenvalue weighted by molar-refractivity contribution is 0.604. The molecule has 0 bridgehead atoms. The average Bonchev–Trinajstić information content (AvgIpc) is 2.43. The molecule has 0 saturated carbocycles. The quantitative estimate of drug-likeness (QED) is 0.591. The molecule has 0 aromatic carbocycles. The Labute approximate surface area is 140 Å². The van der Waals surface area contributed by atoms with Gasteiger partial charge in [-0.2, -0.15) is 4.99 Å². The van der Waals surface area contributed by atoms with Gasteiger partial charge in [0.25, 0.3) is 0 Å². The summed E-state index contributed by atoms with van der Waals surface area (Å²) in [6, 6.07) is 0.258. The minimum atomic E-state index is 0.258. The van der Waals surface area contributed by atoms with Gasteiger partial charge in [-0.15, -0.1) is 0 Å². The Bertz CT molecular complexity index is 453. The topological polar surface area (TPSA) is 74.8 Å². The third-order valence-electron chi connectivity index (χ3n) is 3.48. The highest BCUT2D eigenvalue weighted by molar-refractivity contribution is 14.1. The Morgan fingerprint density at radius 1 is 1.24 bits per heavy atom. The molecule has 4 N–H and O–H groups in total. The van der Waals surface area contributed by atoms with E-state index in [2.05, 4.69) is 61.4 Å². The predicted octanol–water partition coefficient (Wildman–Crippen LogP) is 2.45. The van der Waals surface area contributed by atoms with E-state index in [0.29, 0.717) is 5.96 Å². The summed E-state index contributed by atoms with van der Waals surface area (Å²) in [4.78, 5) is 8.71. The van der Waals surface area contributed by atoms with Crippen LogP contribution >= 0.6 is 22.6 Å². The minimum Gasteiger partial charge on any atom is -0.368 e. The molecule has 6 heteroatoms. The van der Waals surface area contributed by atoms with Crippen LogP contribution in [0, 0.1) is 0 Å². The lowest BCUT2D eigenvalue weighted by Gasteiger charge is -2.20. The summed E-state index contributed by atoms with van der Waals surface area (Å²) in [5, 5.41) is 6.77. The summed E-state index contributed by atoms with van der Waals surface area (Å²) in [7, 11) is 0. The average molecular weight is 401 g/mol. The molecule has 0 aromatic heterocycles. The van der Waals surface area contributed by atoms with Gasteiger partial charge in [0, 0.05) is 16.7 Å². The zero-order valence-electron chi connectivity index (χ0n) is 12.3. The van der Waals surface area contributed by atoms with Crippen molar-refractivity contribution in [3.63, 3.8) is 0 Å². The fourth-order valence-electron chi connectivity index (χ4n) is 2.36. The molecule has 0 fully saturated rings. The minimum absolute atomic E-state index is 0.258. The molecular formula is C15H24IN5. The SMILES string of the molecule is NC1=N/CCCCCCCN/C(NC2C=C(I)C=CC2)=N\1. The van der Waals surface area contributed by atoms with E-state index in [1.807, 2.05) is 0 Å². The van der Waals surface area contributed by atoms with Crippen molar-refractivity contribution in [2.75, 3.05) is 13.1 Å². The van der Waals surface area contributed by atoms with Crippen molar-refractivity contribution in [1.29, 1.82) is 0 Å². The second-order valence-corrected chi connectivity index (χ2v) is 6.58. The second kappa shape index (κ2) is 9.07. The highest BCUT2D eigenvalue weighted by atomic mass is 127. The van der Waals surface area contributed by atoms with Gasteiger partial charge in [-0.05, 0) is 47.9 Å². The van der Waals surface area contributed by atoms with Crippen molar-refractivity contribution in [3.05, 3.63) is 21.8 Å². The molecule has 1 unspecified atom stereocenters. The summed E-state index contributed by atoms with van der Waals surface area (Å²) in [5.41, 5.74) is 5.89. The van der Waals surface area contributed by atoms with E-state index in [-0.39, 0.29) is 6.04 Å². The van der Waals surface area contributed by atoms with E-state index >= 15 is 0 Å². The first-order valence-electron chi connectivity index (χ1n) is 7.67. The highest BCUT2D eigenvalue weighted by Gasteiger charge is 2.11. The van der Waals surface area contributed by atoms with Crippen LogP contribution in [0.2, 0.25) is 0 Å². The van der Waals surface area contributed by atoms with Gasteiger partial charge in [-0.1, -0.05) is 31.4 Å². The van der Waals surface area contributed by atoms with Crippen LogP contribution in [0.4, 0.5) is 0 Å². The van der Waals surface area contributed by atoms with Crippen molar-refractivity contribution < 1.29 is 0 Å². The molecule has 0 saturated heterocycles. The van der Waals surface area contributed by atoms with Crippen molar-refractivity contribution in [2.24, 2.45) is 15.7 Å². The third-order valence-corrected chi connectivity index (χ3v) is 4.20. The van der Waals surface area contributed by atoms with Crippen LogP contribution in [0.25, 0.3) is 0 Å². The highest BCUT2D eigenvalue weighted by Crippen LogP contribution is 2.16. The number of guanidine groups is 2. The van der Waals surface area contributed by atoms with Crippen molar-refractivity contribution >= 4 is 34.5 Å². The zero-order chi connectivity index (χ0) is 14.9. The summed E-state index contributed by atoms with van der Waals surface area (Å²) >= 11 is 2.33. The Morgan fingerprint density at radius 2 is 2.05 bits per heavy atom. The van der Waals surface area contributed by atoms with Crippen LogP contribution in [0.1, 0.15) is 38.5 Å². The fourth-order valence-corrected chi connectivity index (χ4v) is 3.05. The first-order chi connectivity index (χ1) is 10.2. The van der Waals surface area contributed by atoms with Crippen LogP contribution in [-0.4, -0.2) is 31.1 Å². The van der Waals surface area contributed by atoms with Crippen LogP contribution in [-0.2, 0) is 0 Å². The number of nitrogens with two attached hydrogens (primary N) is 1. The third kappa shape index (κ3) is 6.50. The predicted molar refractivity (Wildman–Crippen MR) is 97.8 cm³/mol. The number of halogens is 1. The van der Waals surface area contributed by atoms with Crippen molar-refractivity contribution in [2.45, 2.75) is 44.6 Å². The van der Waals surface area contributed by atoms with E-state index in [0.717, 1.165) is 38.3 Å². The molecule has 1 heterocycles. The molecule has 0 radical (unpaired) electrons. The second-order valence-electron chi connectivity index (χ2n) is 5.34. The Balaban J connectivity index is 2.00. The van der Waals surface area contributed by atoms with Gasteiger partial charge in [0.05, 0.1) is 6.04 Å². The van der Waals surface area contributed by atoms with E-state index < -0.39 is 0 Å². The number of rotatable bonds is 1. The van der Waals surface area contributed by atoms with Crippen LogP contribution < -0.4 is 16.4 Å². The molecule has 2 rings (SSSR count). The van der Waals surface area contributed by atoms with Gasteiger partial charge in [-0.25, -0.2) is 0 Å². The molecule has 0 spiro atoms. The van der Waals surface area contributed by atoms with E-state index in [4.69, 9.17) is 5.73 Å². The standard InChI is InChI=1S/C15H24IN5/c16-12-7-6-8-13(11-12)20-15-19-10-5-3-1-2-4-9-18-14(17)21-15/h6-7,11,13H,1-5,8-10H2,(H4,17,18,19,20,21). The number of allylic oxidation sites excluding steroid dienone is 2. The Morgan fingerprint density at radius 3 is 2.90 bits per heavy atom. The van der Waals surface area contributed by atoms with Crippen molar-refractivity contribution in [3.8, 4) is 0 Å². The van der Waals surface area contributed by atoms with Crippen molar-refractivity contribution in [1.82, 2.24) is 10.6 Å². The molecule has 0 aromatic rings. The summed E-state index contributed by atoms with van der Waals surface area (Å²) in [6.07, 6.45) is 13.5. The first kappa shape index (κ1) is 16.3. The smallest absolute Gasteiger partial charge is 0.218 e. The summed E-state index contributed by atoms with van der Waals surface area (Å²) in [5.74, 6) is 1.09. The van der Waals surface area contributed by atoms with Gasteiger partial charge < -0.3 is 16.4 Å². The Kier molecular flexibility index (Phi) is 7.05. The Hall–Kier alpha value is -1.05. The van der Waals surface area contributed by atoms with Gasteiger partial charge in [0.15, 0.2) is 5.96 Å². The zero-order valence-corrected chi connectivity index (χ0v) is 14.5. The normalized spacial score (nSPS) is 29.6. The lowest BCUT2D eigenvalue weighted by Crippen LogP contribution is -2.44. The maximum Gasteiger partial charge on any atom is 0.218 e. The fraction of sp³-hybridized carbons (Fsp3) is 0.600. The number of nitrogens with one attached hydrogen (secondary N) is 2. The molecule has 2 aliphatic rings. The van der Waals surface area contributed by atoms with E-state index in [9.17, 15) is 0 Å². The van der Waals surface area contributed by atoms with E-state index in [1.165, 1.54) is 22.8 Å². The molecule has 116 valence electrons. The van der Waals surface area contributed by atoms with Gasteiger partial charge in [-0.3, -0.25) is 4.99 Å².